The second-order valence-electron chi connectivity index (χ2n) is 11.4. The molecule has 0 bridgehead atoms. The fourth-order valence-corrected chi connectivity index (χ4v) is 4.92. The van der Waals surface area contributed by atoms with E-state index in [9.17, 15) is 9.90 Å². The summed E-state index contributed by atoms with van der Waals surface area (Å²) in [5.41, 5.74) is 3.26. The SMILES string of the molecule is CC(OC=Cc1ccc(CC(C)(C)OC(=O)Oc2ccc(C=CC=Cc3ccc(O)cc3)cc2)cc1)OC1CCCCC1. The highest BCUT2D eigenvalue weighted by Crippen LogP contribution is 2.23. The van der Waals surface area contributed by atoms with Crippen molar-refractivity contribution in [2.24, 2.45) is 0 Å². The number of carbonyl (C=O) groups excluding carboxylic acids is 1. The van der Waals surface area contributed by atoms with Gasteiger partial charge in [-0.25, -0.2) is 4.79 Å². The lowest BCUT2D eigenvalue weighted by atomic mass is 9.97. The van der Waals surface area contributed by atoms with Gasteiger partial charge >= 0.3 is 6.16 Å². The Balaban J connectivity index is 1.19. The van der Waals surface area contributed by atoms with Crippen LogP contribution in [0, 0.1) is 0 Å². The Morgan fingerprint density at radius 3 is 2.02 bits per heavy atom. The Morgan fingerprint density at radius 1 is 0.837 bits per heavy atom. The van der Waals surface area contributed by atoms with E-state index in [0.29, 0.717) is 18.3 Å². The number of allylic oxidation sites excluding steroid dienone is 2. The number of ether oxygens (including phenoxy) is 4. The third-order valence-electron chi connectivity index (χ3n) is 7.10. The zero-order valence-corrected chi connectivity index (χ0v) is 25.3. The van der Waals surface area contributed by atoms with Gasteiger partial charge in [0.2, 0.25) is 0 Å². The van der Waals surface area contributed by atoms with Crippen LogP contribution in [0.4, 0.5) is 4.79 Å². The van der Waals surface area contributed by atoms with E-state index in [4.69, 9.17) is 18.9 Å². The van der Waals surface area contributed by atoms with Crippen LogP contribution in [-0.2, 0) is 20.6 Å². The molecule has 0 aliphatic heterocycles. The third-order valence-corrected chi connectivity index (χ3v) is 7.10. The summed E-state index contributed by atoms with van der Waals surface area (Å²) in [6.07, 6.45) is 17.2. The summed E-state index contributed by atoms with van der Waals surface area (Å²) in [5.74, 6) is 0.655. The van der Waals surface area contributed by atoms with Gasteiger partial charge in [0.05, 0.1) is 12.4 Å². The van der Waals surface area contributed by atoms with E-state index in [1.165, 1.54) is 19.3 Å². The molecule has 0 spiro atoms. The van der Waals surface area contributed by atoms with Crippen molar-refractivity contribution in [3.63, 3.8) is 0 Å². The zero-order chi connectivity index (χ0) is 30.5. The van der Waals surface area contributed by atoms with E-state index in [0.717, 1.165) is 35.1 Å². The van der Waals surface area contributed by atoms with Crippen molar-refractivity contribution in [1.82, 2.24) is 0 Å². The van der Waals surface area contributed by atoms with Crippen molar-refractivity contribution >= 4 is 24.4 Å². The molecule has 1 unspecified atom stereocenters. The Labute approximate surface area is 255 Å². The Kier molecular flexibility index (Phi) is 11.6. The predicted octanol–water partition coefficient (Wildman–Crippen LogP) is 9.34. The Morgan fingerprint density at radius 2 is 1.40 bits per heavy atom. The minimum absolute atomic E-state index is 0.244. The van der Waals surface area contributed by atoms with Crippen LogP contribution in [0.15, 0.2) is 91.2 Å². The molecule has 1 aliphatic rings. The molecule has 0 heterocycles. The number of rotatable bonds is 12. The molecule has 43 heavy (non-hydrogen) atoms. The molecule has 4 rings (SSSR count). The summed E-state index contributed by atoms with van der Waals surface area (Å²) in [6.45, 7) is 5.66. The van der Waals surface area contributed by atoms with Crippen LogP contribution < -0.4 is 4.74 Å². The maximum Gasteiger partial charge on any atom is 0.514 e. The highest BCUT2D eigenvalue weighted by Gasteiger charge is 2.25. The standard InChI is InChI=1S/C37H42O6/c1-28(41-34-11-5-4-6-12-34)40-26-25-31-13-15-32(16-14-31)27-37(2,3)43-36(39)42-35-23-19-30(20-24-35)10-8-7-9-29-17-21-33(38)22-18-29/h7-10,13-26,28,34,38H,4-6,11-12,27H2,1-3H3. The average molecular weight is 583 g/mol. The molecule has 1 atom stereocenters. The number of phenols is 1. The first-order valence-electron chi connectivity index (χ1n) is 15.0. The minimum Gasteiger partial charge on any atom is -0.508 e. The van der Waals surface area contributed by atoms with Crippen LogP contribution in [-0.4, -0.2) is 29.3 Å². The van der Waals surface area contributed by atoms with Crippen LogP contribution >= 0.6 is 0 Å². The number of hydrogen-bond donors (Lipinski definition) is 1. The van der Waals surface area contributed by atoms with Gasteiger partial charge in [-0.15, -0.1) is 0 Å². The quantitative estimate of drug-likeness (QED) is 0.0754. The van der Waals surface area contributed by atoms with Gasteiger partial charge in [0.25, 0.3) is 0 Å². The topological polar surface area (TPSA) is 74.2 Å². The predicted molar refractivity (Wildman–Crippen MR) is 171 cm³/mol. The van der Waals surface area contributed by atoms with Gasteiger partial charge in [0.1, 0.15) is 17.1 Å². The molecule has 1 aliphatic carbocycles. The minimum atomic E-state index is -0.754. The van der Waals surface area contributed by atoms with Gasteiger partial charge in [-0.3, -0.25) is 0 Å². The number of hydrogen-bond acceptors (Lipinski definition) is 6. The van der Waals surface area contributed by atoms with Crippen molar-refractivity contribution in [3.05, 3.63) is 113 Å². The first kappa shape index (κ1) is 31.6. The summed E-state index contributed by atoms with van der Waals surface area (Å²) in [5, 5.41) is 9.36. The summed E-state index contributed by atoms with van der Waals surface area (Å²) in [4.78, 5) is 12.5. The molecule has 0 radical (unpaired) electrons. The molecule has 226 valence electrons. The maximum atomic E-state index is 12.5. The fourth-order valence-electron chi connectivity index (χ4n) is 4.92. The number of aromatic hydroxyl groups is 1. The van der Waals surface area contributed by atoms with Gasteiger partial charge in [-0.1, -0.05) is 92.1 Å². The first-order valence-corrected chi connectivity index (χ1v) is 15.0. The summed E-state index contributed by atoms with van der Waals surface area (Å²) < 4.78 is 22.7. The number of benzene rings is 3. The summed E-state index contributed by atoms with van der Waals surface area (Å²) >= 11 is 0. The van der Waals surface area contributed by atoms with Gasteiger partial charge in [-0.2, -0.15) is 0 Å². The van der Waals surface area contributed by atoms with E-state index in [-0.39, 0.29) is 12.0 Å². The molecular weight excluding hydrogens is 540 g/mol. The van der Waals surface area contributed by atoms with E-state index in [1.54, 1.807) is 30.5 Å². The average Bonchev–Trinajstić information content (AvgIpc) is 2.98. The van der Waals surface area contributed by atoms with Crippen LogP contribution in [0.5, 0.6) is 11.5 Å². The summed E-state index contributed by atoms with van der Waals surface area (Å²) in [6, 6.07) is 22.2. The molecule has 0 saturated heterocycles. The molecule has 1 N–H and O–H groups in total. The molecule has 3 aromatic carbocycles. The molecule has 3 aromatic rings. The molecule has 1 saturated carbocycles. The van der Waals surface area contributed by atoms with Crippen molar-refractivity contribution < 1.29 is 28.8 Å². The smallest absolute Gasteiger partial charge is 0.508 e. The normalized spacial score (nSPS) is 15.2. The van der Waals surface area contributed by atoms with Crippen molar-refractivity contribution in [2.75, 3.05) is 0 Å². The van der Waals surface area contributed by atoms with E-state index in [1.807, 2.05) is 99.7 Å². The molecule has 1 fully saturated rings. The van der Waals surface area contributed by atoms with Gasteiger partial charge in [-0.05, 0) is 86.2 Å². The molecule has 6 nitrogen and oxygen atoms in total. The van der Waals surface area contributed by atoms with E-state index in [2.05, 4.69) is 0 Å². The molecular formula is C37H42O6. The van der Waals surface area contributed by atoms with Crippen LogP contribution in [0.2, 0.25) is 0 Å². The lowest BCUT2D eigenvalue weighted by Crippen LogP contribution is -2.32. The van der Waals surface area contributed by atoms with Crippen LogP contribution in [0.25, 0.3) is 18.2 Å². The second-order valence-corrected chi connectivity index (χ2v) is 11.4. The zero-order valence-electron chi connectivity index (χ0n) is 25.3. The third kappa shape index (κ3) is 11.5. The van der Waals surface area contributed by atoms with Gasteiger partial charge in [0.15, 0.2) is 6.29 Å². The molecule has 0 amide bonds. The van der Waals surface area contributed by atoms with Crippen molar-refractivity contribution in [2.45, 2.75) is 77.3 Å². The Hall–Kier alpha value is -4.29. The molecule has 6 heteroatoms. The molecule has 0 aromatic heterocycles. The van der Waals surface area contributed by atoms with E-state index >= 15 is 0 Å². The van der Waals surface area contributed by atoms with Crippen LogP contribution in [0.3, 0.4) is 0 Å². The van der Waals surface area contributed by atoms with Crippen LogP contribution in [0.1, 0.15) is 75.1 Å². The first-order chi connectivity index (χ1) is 20.7. The highest BCUT2D eigenvalue weighted by molar-refractivity contribution is 5.65. The second kappa shape index (κ2) is 15.8. The highest BCUT2D eigenvalue weighted by atomic mass is 16.7. The Bertz CT molecular complexity index is 1360. The van der Waals surface area contributed by atoms with Gasteiger partial charge in [0, 0.05) is 6.42 Å². The fraction of sp³-hybridized carbons (Fsp3) is 0.324. The maximum absolute atomic E-state index is 12.5. The van der Waals surface area contributed by atoms with Crippen molar-refractivity contribution in [1.29, 1.82) is 0 Å². The lowest BCUT2D eigenvalue weighted by Gasteiger charge is -2.25. The largest absolute Gasteiger partial charge is 0.514 e. The lowest BCUT2D eigenvalue weighted by molar-refractivity contribution is -0.136. The monoisotopic (exact) mass is 582 g/mol. The summed E-state index contributed by atoms with van der Waals surface area (Å²) in [7, 11) is 0. The number of phenolic OH excluding ortho intramolecular Hbond substituents is 1. The van der Waals surface area contributed by atoms with E-state index < -0.39 is 11.8 Å². The number of carbonyl (C=O) groups is 1. The van der Waals surface area contributed by atoms with Crippen molar-refractivity contribution in [3.8, 4) is 11.5 Å². The van der Waals surface area contributed by atoms with Gasteiger partial charge < -0.3 is 24.1 Å².